The van der Waals surface area contributed by atoms with E-state index in [0.717, 1.165) is 30.6 Å². The molecule has 0 atom stereocenters. The average Bonchev–Trinajstić information content (AvgIpc) is 2.59. The molecule has 1 saturated heterocycles. The molecule has 0 N–H and O–H groups in total. The summed E-state index contributed by atoms with van der Waals surface area (Å²) in [6, 6.07) is 12.5. The summed E-state index contributed by atoms with van der Waals surface area (Å²) >= 11 is 0. The largest absolute Gasteiger partial charge is 0.497 e. The standard InChI is InChI=1S/C19H19NO4/c1-23-15-8-9-16(17(12-15)19(22)24-2)13-4-6-14(7-5-13)18(21)20-10-3-11-20/h4-9,12H,3,10-11H2,1-2H3. The maximum Gasteiger partial charge on any atom is 0.338 e. The van der Waals surface area contributed by atoms with Gasteiger partial charge < -0.3 is 14.4 Å². The molecule has 0 spiro atoms. The highest BCUT2D eigenvalue weighted by Crippen LogP contribution is 2.28. The monoisotopic (exact) mass is 325 g/mol. The van der Waals surface area contributed by atoms with Gasteiger partial charge in [-0.2, -0.15) is 0 Å². The second kappa shape index (κ2) is 6.74. The summed E-state index contributed by atoms with van der Waals surface area (Å²) in [6.45, 7) is 1.65. The van der Waals surface area contributed by atoms with E-state index in [2.05, 4.69) is 0 Å². The molecule has 124 valence electrons. The Morgan fingerprint density at radius 2 is 1.71 bits per heavy atom. The Morgan fingerprint density at radius 3 is 2.25 bits per heavy atom. The minimum atomic E-state index is -0.426. The van der Waals surface area contributed by atoms with Crippen molar-refractivity contribution in [2.75, 3.05) is 27.3 Å². The van der Waals surface area contributed by atoms with Crippen LogP contribution in [0.15, 0.2) is 42.5 Å². The Hall–Kier alpha value is -2.82. The van der Waals surface area contributed by atoms with Gasteiger partial charge in [-0.3, -0.25) is 4.79 Å². The van der Waals surface area contributed by atoms with Crippen LogP contribution < -0.4 is 4.74 Å². The molecule has 0 radical (unpaired) electrons. The van der Waals surface area contributed by atoms with Crippen molar-refractivity contribution < 1.29 is 19.1 Å². The molecule has 0 aromatic heterocycles. The zero-order valence-corrected chi connectivity index (χ0v) is 13.7. The first kappa shape index (κ1) is 16.1. The Bertz CT molecular complexity index is 763. The van der Waals surface area contributed by atoms with Gasteiger partial charge in [0.2, 0.25) is 0 Å². The van der Waals surface area contributed by atoms with Crippen molar-refractivity contribution in [3.8, 4) is 16.9 Å². The maximum atomic E-state index is 12.2. The number of amides is 1. The Labute approximate surface area is 140 Å². The van der Waals surface area contributed by atoms with E-state index in [1.165, 1.54) is 7.11 Å². The lowest BCUT2D eigenvalue weighted by Crippen LogP contribution is -2.41. The molecule has 5 nitrogen and oxygen atoms in total. The molecule has 1 heterocycles. The summed E-state index contributed by atoms with van der Waals surface area (Å²) in [5, 5.41) is 0. The zero-order chi connectivity index (χ0) is 17.1. The number of hydrogen-bond donors (Lipinski definition) is 0. The quantitative estimate of drug-likeness (QED) is 0.811. The second-order valence-electron chi connectivity index (χ2n) is 5.63. The van der Waals surface area contributed by atoms with Gasteiger partial charge in [0.15, 0.2) is 0 Å². The van der Waals surface area contributed by atoms with Crippen LogP contribution >= 0.6 is 0 Å². The van der Waals surface area contributed by atoms with Crippen LogP contribution in [0.25, 0.3) is 11.1 Å². The summed E-state index contributed by atoms with van der Waals surface area (Å²) in [4.78, 5) is 26.1. The van der Waals surface area contributed by atoms with E-state index >= 15 is 0 Å². The van der Waals surface area contributed by atoms with Gasteiger partial charge in [-0.1, -0.05) is 12.1 Å². The van der Waals surface area contributed by atoms with Crippen molar-refractivity contribution in [2.45, 2.75) is 6.42 Å². The van der Waals surface area contributed by atoms with Crippen LogP contribution in [0.1, 0.15) is 27.1 Å². The van der Waals surface area contributed by atoms with Gasteiger partial charge in [-0.25, -0.2) is 4.79 Å². The normalized spacial score (nSPS) is 13.2. The number of nitrogens with zero attached hydrogens (tertiary/aromatic N) is 1. The maximum absolute atomic E-state index is 12.2. The highest BCUT2D eigenvalue weighted by atomic mass is 16.5. The van der Waals surface area contributed by atoms with Crippen molar-refractivity contribution in [1.29, 1.82) is 0 Å². The number of carbonyl (C=O) groups is 2. The minimum Gasteiger partial charge on any atom is -0.497 e. The molecule has 1 fully saturated rings. The smallest absolute Gasteiger partial charge is 0.338 e. The fraction of sp³-hybridized carbons (Fsp3) is 0.263. The summed E-state index contributed by atoms with van der Waals surface area (Å²) < 4.78 is 10.0. The highest BCUT2D eigenvalue weighted by molar-refractivity contribution is 5.99. The summed E-state index contributed by atoms with van der Waals surface area (Å²) in [5.41, 5.74) is 2.68. The van der Waals surface area contributed by atoms with Gasteiger partial charge in [0.1, 0.15) is 5.75 Å². The van der Waals surface area contributed by atoms with Crippen LogP contribution in [0.4, 0.5) is 0 Å². The number of methoxy groups -OCH3 is 2. The molecule has 1 aliphatic heterocycles. The van der Waals surface area contributed by atoms with Crippen molar-refractivity contribution in [2.24, 2.45) is 0 Å². The molecule has 24 heavy (non-hydrogen) atoms. The number of rotatable bonds is 4. The third-order valence-electron chi connectivity index (χ3n) is 4.22. The average molecular weight is 325 g/mol. The van der Waals surface area contributed by atoms with Crippen LogP contribution in [0.5, 0.6) is 5.75 Å². The lowest BCUT2D eigenvalue weighted by atomic mass is 9.98. The van der Waals surface area contributed by atoms with Gasteiger partial charge in [0, 0.05) is 18.7 Å². The highest BCUT2D eigenvalue weighted by Gasteiger charge is 2.21. The van der Waals surface area contributed by atoms with Crippen LogP contribution in [0, 0.1) is 0 Å². The van der Waals surface area contributed by atoms with Gasteiger partial charge in [0.05, 0.1) is 19.8 Å². The minimum absolute atomic E-state index is 0.0516. The van der Waals surface area contributed by atoms with Gasteiger partial charge in [-0.05, 0) is 47.9 Å². The molecule has 5 heteroatoms. The molecule has 0 bridgehead atoms. The van der Waals surface area contributed by atoms with E-state index in [1.807, 2.05) is 23.1 Å². The predicted octanol–water partition coefficient (Wildman–Crippen LogP) is 2.99. The zero-order valence-electron chi connectivity index (χ0n) is 13.7. The SMILES string of the molecule is COC(=O)c1cc(OC)ccc1-c1ccc(C(=O)N2CCC2)cc1. The fourth-order valence-electron chi connectivity index (χ4n) is 2.68. The van der Waals surface area contributed by atoms with E-state index in [9.17, 15) is 9.59 Å². The lowest BCUT2D eigenvalue weighted by Gasteiger charge is -2.30. The molecule has 1 aliphatic rings. The molecular formula is C19H19NO4. The predicted molar refractivity (Wildman–Crippen MR) is 90.3 cm³/mol. The van der Waals surface area contributed by atoms with E-state index in [1.54, 1.807) is 31.4 Å². The van der Waals surface area contributed by atoms with E-state index in [4.69, 9.17) is 9.47 Å². The third-order valence-corrected chi connectivity index (χ3v) is 4.22. The van der Waals surface area contributed by atoms with E-state index in [-0.39, 0.29) is 5.91 Å². The van der Waals surface area contributed by atoms with Gasteiger partial charge in [-0.15, -0.1) is 0 Å². The van der Waals surface area contributed by atoms with Crippen LogP contribution in [-0.2, 0) is 4.74 Å². The summed E-state index contributed by atoms with van der Waals surface area (Å²) in [6.07, 6.45) is 1.07. The first-order valence-corrected chi connectivity index (χ1v) is 7.80. The number of carbonyl (C=O) groups excluding carboxylic acids is 2. The van der Waals surface area contributed by atoms with Crippen molar-refractivity contribution in [1.82, 2.24) is 4.90 Å². The van der Waals surface area contributed by atoms with E-state index < -0.39 is 5.97 Å². The molecule has 0 saturated carbocycles. The number of benzene rings is 2. The fourth-order valence-corrected chi connectivity index (χ4v) is 2.68. The number of hydrogen-bond acceptors (Lipinski definition) is 4. The molecule has 1 amide bonds. The van der Waals surface area contributed by atoms with Crippen molar-refractivity contribution in [3.63, 3.8) is 0 Å². The topological polar surface area (TPSA) is 55.8 Å². The van der Waals surface area contributed by atoms with Gasteiger partial charge >= 0.3 is 5.97 Å². The lowest BCUT2D eigenvalue weighted by molar-refractivity contribution is 0.0600. The van der Waals surface area contributed by atoms with Crippen molar-refractivity contribution >= 4 is 11.9 Å². The third kappa shape index (κ3) is 2.97. The Kier molecular flexibility index (Phi) is 4.51. The molecule has 0 unspecified atom stereocenters. The molecule has 2 aromatic rings. The first-order valence-electron chi connectivity index (χ1n) is 7.80. The van der Waals surface area contributed by atoms with Crippen LogP contribution in [0.2, 0.25) is 0 Å². The molecule has 3 rings (SSSR count). The van der Waals surface area contributed by atoms with E-state index in [0.29, 0.717) is 16.9 Å². The number of ether oxygens (including phenoxy) is 2. The number of esters is 1. The van der Waals surface area contributed by atoms with Crippen LogP contribution in [-0.4, -0.2) is 44.1 Å². The molecular weight excluding hydrogens is 306 g/mol. The molecule has 2 aromatic carbocycles. The van der Waals surface area contributed by atoms with Gasteiger partial charge in [0.25, 0.3) is 5.91 Å². The first-order chi connectivity index (χ1) is 11.6. The summed E-state index contributed by atoms with van der Waals surface area (Å²) in [5.74, 6) is 0.212. The van der Waals surface area contributed by atoms with Crippen LogP contribution in [0.3, 0.4) is 0 Å². The van der Waals surface area contributed by atoms with Crippen molar-refractivity contribution in [3.05, 3.63) is 53.6 Å². The molecule has 0 aliphatic carbocycles. The summed E-state index contributed by atoms with van der Waals surface area (Å²) in [7, 11) is 2.90. The Morgan fingerprint density at radius 1 is 1.00 bits per heavy atom. The Balaban J connectivity index is 1.93. The number of likely N-dealkylation sites (tertiary alicyclic amines) is 1. The second-order valence-corrected chi connectivity index (χ2v) is 5.63.